The molecule has 1 aromatic carbocycles. The van der Waals surface area contributed by atoms with Gasteiger partial charge in [0.05, 0.1) is 20.8 Å². The van der Waals surface area contributed by atoms with E-state index in [0.717, 1.165) is 30.4 Å². The third kappa shape index (κ3) is 2.45. The zero-order valence-corrected chi connectivity index (χ0v) is 14.8. The van der Waals surface area contributed by atoms with Gasteiger partial charge in [0.15, 0.2) is 0 Å². The lowest BCUT2D eigenvalue weighted by atomic mass is 9.74. The van der Waals surface area contributed by atoms with Crippen LogP contribution in [0, 0.1) is 0 Å². The van der Waals surface area contributed by atoms with Gasteiger partial charge in [0.25, 0.3) is 0 Å². The Bertz CT molecular complexity index is 640. The minimum Gasteiger partial charge on any atom is -0.496 e. The van der Waals surface area contributed by atoms with E-state index in [1.165, 1.54) is 0 Å². The number of ether oxygens (including phenoxy) is 2. The van der Waals surface area contributed by atoms with Crippen LogP contribution in [0.3, 0.4) is 0 Å². The molecule has 1 N–H and O–H groups in total. The summed E-state index contributed by atoms with van der Waals surface area (Å²) in [4.78, 5) is 16.9. The number of hydrogen-bond donors (Lipinski definition) is 1. The van der Waals surface area contributed by atoms with Crippen LogP contribution >= 0.6 is 0 Å². The molecule has 3 rings (SSSR count). The largest absolute Gasteiger partial charge is 0.496 e. The minimum atomic E-state index is -0.776. The van der Waals surface area contributed by atoms with Gasteiger partial charge in [-0.1, -0.05) is 0 Å². The second kappa shape index (κ2) is 6.26. The van der Waals surface area contributed by atoms with Gasteiger partial charge < -0.3 is 19.5 Å². The maximum absolute atomic E-state index is 13.2. The predicted molar refractivity (Wildman–Crippen MR) is 90.2 cm³/mol. The maximum atomic E-state index is 13.2. The van der Waals surface area contributed by atoms with Gasteiger partial charge in [-0.15, -0.1) is 0 Å². The SMILES string of the molecule is COc1ccc(OC)c2c1CN(C(=O)C1(N(C)C)CCC1)CC2O. The van der Waals surface area contributed by atoms with Crippen LogP contribution in [0.15, 0.2) is 12.1 Å². The quantitative estimate of drug-likeness (QED) is 0.905. The Kier molecular flexibility index (Phi) is 4.44. The minimum absolute atomic E-state index is 0.0910. The summed E-state index contributed by atoms with van der Waals surface area (Å²) in [6.45, 7) is 0.714. The summed E-state index contributed by atoms with van der Waals surface area (Å²) >= 11 is 0. The van der Waals surface area contributed by atoms with Crippen molar-refractivity contribution < 1.29 is 19.4 Å². The van der Waals surface area contributed by atoms with Crippen molar-refractivity contribution in [2.45, 2.75) is 37.5 Å². The first-order valence-corrected chi connectivity index (χ1v) is 8.33. The number of likely N-dealkylation sites (N-methyl/N-ethyl adjacent to an activating group) is 1. The highest BCUT2D eigenvalue weighted by atomic mass is 16.5. The first kappa shape index (κ1) is 17.0. The number of carbonyl (C=O) groups is 1. The van der Waals surface area contributed by atoms with Gasteiger partial charge >= 0.3 is 0 Å². The number of amides is 1. The molecule has 1 aliphatic heterocycles. The molecule has 1 saturated carbocycles. The summed E-state index contributed by atoms with van der Waals surface area (Å²) in [6, 6.07) is 3.62. The number of rotatable bonds is 4. The zero-order chi connectivity index (χ0) is 17.5. The van der Waals surface area contributed by atoms with E-state index in [-0.39, 0.29) is 12.5 Å². The summed E-state index contributed by atoms with van der Waals surface area (Å²) in [5.41, 5.74) is 1.13. The van der Waals surface area contributed by atoms with Crippen molar-refractivity contribution in [2.75, 3.05) is 34.9 Å². The molecule has 0 spiro atoms. The number of benzene rings is 1. The monoisotopic (exact) mass is 334 g/mol. The lowest BCUT2D eigenvalue weighted by Gasteiger charge is -2.49. The number of nitrogens with zero attached hydrogens (tertiary/aromatic N) is 2. The molecule has 24 heavy (non-hydrogen) atoms. The highest BCUT2D eigenvalue weighted by molar-refractivity contribution is 5.87. The molecule has 0 aromatic heterocycles. The van der Waals surface area contributed by atoms with E-state index in [0.29, 0.717) is 18.0 Å². The molecule has 6 heteroatoms. The third-order valence-electron chi connectivity index (χ3n) is 5.51. The Hall–Kier alpha value is -1.79. The van der Waals surface area contributed by atoms with Crippen LogP contribution in [0.5, 0.6) is 11.5 Å². The van der Waals surface area contributed by atoms with E-state index in [9.17, 15) is 9.90 Å². The molecule has 2 aliphatic rings. The van der Waals surface area contributed by atoms with Crippen LogP contribution < -0.4 is 9.47 Å². The van der Waals surface area contributed by atoms with Gasteiger partial charge in [-0.05, 0) is 45.5 Å². The van der Waals surface area contributed by atoms with Gasteiger partial charge in [-0.25, -0.2) is 0 Å². The molecule has 1 aromatic rings. The fourth-order valence-electron chi connectivity index (χ4n) is 3.89. The van der Waals surface area contributed by atoms with E-state index >= 15 is 0 Å². The molecule has 6 nitrogen and oxygen atoms in total. The maximum Gasteiger partial charge on any atom is 0.243 e. The van der Waals surface area contributed by atoms with Crippen molar-refractivity contribution in [1.29, 1.82) is 0 Å². The Morgan fingerprint density at radius 2 is 1.88 bits per heavy atom. The molecule has 1 fully saturated rings. The van der Waals surface area contributed by atoms with Crippen LogP contribution in [0.25, 0.3) is 0 Å². The molecule has 1 aliphatic carbocycles. The molecule has 1 atom stereocenters. The summed E-state index contributed by atoms with van der Waals surface area (Å²) in [5, 5.41) is 10.7. The number of β-amino-alcohol motifs (C(OH)–C–C–N with tert-alkyl or cyclic N) is 1. The highest BCUT2D eigenvalue weighted by Crippen LogP contribution is 2.43. The lowest BCUT2D eigenvalue weighted by molar-refractivity contribution is -0.151. The highest BCUT2D eigenvalue weighted by Gasteiger charge is 2.49. The van der Waals surface area contributed by atoms with Gasteiger partial charge in [0.1, 0.15) is 23.1 Å². The van der Waals surface area contributed by atoms with E-state index < -0.39 is 11.6 Å². The van der Waals surface area contributed by atoms with Crippen LogP contribution in [-0.4, -0.2) is 61.2 Å². The Labute approximate surface area is 143 Å². The smallest absolute Gasteiger partial charge is 0.243 e. The van der Waals surface area contributed by atoms with Crippen LogP contribution in [0.4, 0.5) is 0 Å². The van der Waals surface area contributed by atoms with Crippen LogP contribution in [-0.2, 0) is 11.3 Å². The average molecular weight is 334 g/mol. The van der Waals surface area contributed by atoms with E-state index in [4.69, 9.17) is 9.47 Å². The standard InChI is InChI=1S/C18H26N2O4/c1-19(2)18(8-5-9-18)17(22)20-10-12-14(23-3)6-7-15(24-4)16(12)13(21)11-20/h6-7,13,21H,5,8-11H2,1-4H3. The second-order valence-corrected chi connectivity index (χ2v) is 6.84. The molecule has 1 unspecified atom stereocenters. The topological polar surface area (TPSA) is 62.2 Å². The summed E-state index contributed by atoms with van der Waals surface area (Å²) in [5.74, 6) is 1.40. The molecule has 132 valence electrons. The van der Waals surface area contributed by atoms with E-state index in [1.807, 2.05) is 25.1 Å². The molecule has 0 radical (unpaired) electrons. The van der Waals surface area contributed by atoms with Crippen molar-refractivity contribution in [2.24, 2.45) is 0 Å². The lowest BCUT2D eigenvalue weighted by Crippen LogP contribution is -2.62. The van der Waals surface area contributed by atoms with E-state index in [1.54, 1.807) is 25.2 Å². The summed E-state index contributed by atoms with van der Waals surface area (Å²) < 4.78 is 10.8. The molecular formula is C18H26N2O4. The van der Waals surface area contributed by atoms with Gasteiger partial charge in [-0.3, -0.25) is 9.69 Å². The molecule has 0 saturated heterocycles. The Morgan fingerprint density at radius 1 is 1.25 bits per heavy atom. The fraction of sp³-hybridized carbons (Fsp3) is 0.611. The molecule has 1 amide bonds. The van der Waals surface area contributed by atoms with Crippen LogP contribution in [0.2, 0.25) is 0 Å². The normalized spacial score (nSPS) is 21.9. The zero-order valence-electron chi connectivity index (χ0n) is 14.8. The number of aliphatic hydroxyl groups excluding tert-OH is 1. The van der Waals surface area contributed by atoms with Gasteiger partial charge in [0, 0.05) is 17.7 Å². The number of aliphatic hydroxyl groups is 1. The number of carbonyl (C=O) groups excluding carboxylic acids is 1. The number of fused-ring (bicyclic) bond motifs is 1. The van der Waals surface area contributed by atoms with Crippen molar-refractivity contribution in [3.63, 3.8) is 0 Å². The van der Waals surface area contributed by atoms with Crippen molar-refractivity contribution >= 4 is 5.91 Å². The molecule has 1 heterocycles. The number of methoxy groups -OCH3 is 2. The van der Waals surface area contributed by atoms with Gasteiger partial charge in [0.2, 0.25) is 5.91 Å². The Balaban J connectivity index is 1.96. The number of hydrogen-bond acceptors (Lipinski definition) is 5. The average Bonchev–Trinajstić information content (AvgIpc) is 2.52. The second-order valence-electron chi connectivity index (χ2n) is 6.84. The third-order valence-corrected chi connectivity index (χ3v) is 5.51. The Morgan fingerprint density at radius 3 is 2.38 bits per heavy atom. The van der Waals surface area contributed by atoms with E-state index in [2.05, 4.69) is 0 Å². The fourth-order valence-corrected chi connectivity index (χ4v) is 3.89. The molecule has 0 bridgehead atoms. The van der Waals surface area contributed by atoms with Crippen LogP contribution in [0.1, 0.15) is 36.5 Å². The molecular weight excluding hydrogens is 308 g/mol. The van der Waals surface area contributed by atoms with Gasteiger partial charge in [-0.2, -0.15) is 0 Å². The predicted octanol–water partition coefficient (Wildman–Crippen LogP) is 1.56. The summed E-state index contributed by atoms with van der Waals surface area (Å²) in [7, 11) is 7.09. The summed E-state index contributed by atoms with van der Waals surface area (Å²) in [6.07, 6.45) is 2.02. The first-order valence-electron chi connectivity index (χ1n) is 8.33. The van der Waals surface area contributed by atoms with Crippen molar-refractivity contribution in [3.8, 4) is 11.5 Å². The first-order chi connectivity index (χ1) is 11.4. The van der Waals surface area contributed by atoms with Crippen molar-refractivity contribution in [3.05, 3.63) is 23.3 Å². The van der Waals surface area contributed by atoms with Crippen molar-refractivity contribution in [1.82, 2.24) is 9.80 Å².